The molecule has 0 atom stereocenters. The van der Waals surface area contributed by atoms with Crippen molar-refractivity contribution in [1.29, 1.82) is 0 Å². The molecular weight excluding hydrogens is 172 g/mol. The molecule has 0 amide bonds. The molecule has 0 bridgehead atoms. The number of rotatable bonds is 1. The lowest BCUT2D eigenvalue weighted by molar-refractivity contribution is 0.275. The summed E-state index contributed by atoms with van der Waals surface area (Å²) in [6, 6.07) is 0. The molecule has 2 aromatic heterocycles. The molecule has 0 saturated heterocycles. The maximum absolute atomic E-state index is 9.06. The van der Waals surface area contributed by atoms with E-state index in [1.807, 2.05) is 24.4 Å². The van der Waals surface area contributed by atoms with Crippen molar-refractivity contribution in [2.45, 2.75) is 20.5 Å². The van der Waals surface area contributed by atoms with Crippen molar-refractivity contribution in [1.82, 2.24) is 9.38 Å². The molecule has 2 aromatic rings. The van der Waals surface area contributed by atoms with Crippen molar-refractivity contribution in [2.24, 2.45) is 0 Å². The third-order valence-corrected chi connectivity index (χ3v) is 2.79. The number of hydrogen-bond donors (Lipinski definition) is 1. The number of fused-ring (bicyclic) bond motifs is 1. The zero-order chi connectivity index (χ0) is 8.72. The van der Waals surface area contributed by atoms with E-state index in [4.69, 9.17) is 5.11 Å². The minimum absolute atomic E-state index is 0.0587. The zero-order valence-electron chi connectivity index (χ0n) is 7.03. The van der Waals surface area contributed by atoms with Crippen LogP contribution in [0.1, 0.15) is 16.3 Å². The summed E-state index contributed by atoms with van der Waals surface area (Å²) in [5, 5.41) is 9.06. The number of aliphatic hydroxyl groups is 1. The number of aryl methyl sites for hydroxylation is 2. The van der Waals surface area contributed by atoms with Crippen molar-refractivity contribution in [3.8, 4) is 0 Å². The Morgan fingerprint density at radius 1 is 1.58 bits per heavy atom. The number of nitrogens with zero attached hydrogens (tertiary/aromatic N) is 2. The summed E-state index contributed by atoms with van der Waals surface area (Å²) in [5.74, 6) is 0. The molecule has 0 radical (unpaired) electrons. The number of aliphatic hydroxyl groups excluding tert-OH is 1. The summed E-state index contributed by atoms with van der Waals surface area (Å²) >= 11 is 1.64. The van der Waals surface area contributed by atoms with Crippen LogP contribution in [0, 0.1) is 13.8 Å². The SMILES string of the molecule is Cc1cn2c(CO)c(C)nc2s1. The Morgan fingerprint density at radius 2 is 2.33 bits per heavy atom. The van der Waals surface area contributed by atoms with Gasteiger partial charge in [-0.05, 0) is 13.8 Å². The van der Waals surface area contributed by atoms with E-state index in [9.17, 15) is 0 Å². The first-order valence-corrected chi connectivity index (χ1v) is 4.59. The first-order chi connectivity index (χ1) is 5.72. The van der Waals surface area contributed by atoms with Gasteiger partial charge in [0, 0.05) is 11.1 Å². The fourth-order valence-corrected chi connectivity index (χ4v) is 2.19. The molecule has 2 heterocycles. The molecule has 2 rings (SSSR count). The number of aromatic nitrogens is 2. The van der Waals surface area contributed by atoms with Crippen molar-refractivity contribution >= 4 is 16.3 Å². The van der Waals surface area contributed by atoms with Crippen molar-refractivity contribution in [3.63, 3.8) is 0 Å². The standard InChI is InChI=1S/C8H10N2OS/c1-5-3-10-7(4-11)6(2)9-8(10)12-5/h3,11H,4H2,1-2H3. The van der Waals surface area contributed by atoms with Gasteiger partial charge in [0.15, 0.2) is 4.96 Å². The molecule has 0 aliphatic heterocycles. The minimum Gasteiger partial charge on any atom is -0.390 e. The Balaban J connectivity index is 2.78. The van der Waals surface area contributed by atoms with Gasteiger partial charge in [0.25, 0.3) is 0 Å². The Hall–Kier alpha value is -0.870. The third-order valence-electron chi connectivity index (χ3n) is 1.89. The van der Waals surface area contributed by atoms with Crippen LogP contribution in [0.4, 0.5) is 0 Å². The molecule has 0 spiro atoms. The van der Waals surface area contributed by atoms with Crippen molar-refractivity contribution < 1.29 is 5.11 Å². The first-order valence-electron chi connectivity index (χ1n) is 3.77. The van der Waals surface area contributed by atoms with Gasteiger partial charge in [-0.1, -0.05) is 0 Å². The molecule has 0 aliphatic carbocycles. The maximum Gasteiger partial charge on any atom is 0.194 e. The maximum atomic E-state index is 9.06. The van der Waals surface area contributed by atoms with Gasteiger partial charge in [0.05, 0.1) is 18.0 Å². The van der Waals surface area contributed by atoms with E-state index in [0.717, 1.165) is 16.3 Å². The van der Waals surface area contributed by atoms with Crippen LogP contribution in [0.25, 0.3) is 4.96 Å². The lowest BCUT2D eigenvalue weighted by Crippen LogP contribution is -1.90. The predicted molar refractivity (Wildman–Crippen MR) is 48.5 cm³/mol. The number of imidazole rings is 1. The quantitative estimate of drug-likeness (QED) is 0.725. The summed E-state index contributed by atoms with van der Waals surface area (Å²) < 4.78 is 1.95. The van der Waals surface area contributed by atoms with Gasteiger partial charge in [-0.15, -0.1) is 11.3 Å². The normalized spacial score (nSPS) is 11.2. The largest absolute Gasteiger partial charge is 0.390 e. The highest BCUT2D eigenvalue weighted by molar-refractivity contribution is 7.17. The average Bonchev–Trinajstić information content (AvgIpc) is 2.43. The van der Waals surface area contributed by atoms with Crippen LogP contribution in [0.5, 0.6) is 0 Å². The van der Waals surface area contributed by atoms with Gasteiger partial charge in [-0.3, -0.25) is 4.40 Å². The fraction of sp³-hybridized carbons (Fsp3) is 0.375. The Morgan fingerprint density at radius 3 is 3.00 bits per heavy atom. The molecule has 0 aromatic carbocycles. The second kappa shape index (κ2) is 2.57. The Bertz CT molecular complexity index is 416. The smallest absolute Gasteiger partial charge is 0.194 e. The predicted octanol–water partition coefficient (Wildman–Crippen LogP) is 1.50. The summed E-state index contributed by atoms with van der Waals surface area (Å²) in [5.41, 5.74) is 1.82. The highest BCUT2D eigenvalue weighted by Crippen LogP contribution is 2.20. The highest BCUT2D eigenvalue weighted by Gasteiger charge is 2.08. The van der Waals surface area contributed by atoms with Crippen LogP contribution in [-0.2, 0) is 6.61 Å². The Labute approximate surface area is 74.3 Å². The van der Waals surface area contributed by atoms with Gasteiger partial charge in [0.2, 0.25) is 0 Å². The molecule has 3 nitrogen and oxygen atoms in total. The second-order valence-electron chi connectivity index (χ2n) is 2.80. The molecule has 64 valence electrons. The van der Waals surface area contributed by atoms with E-state index >= 15 is 0 Å². The Kier molecular flexibility index (Phi) is 1.66. The monoisotopic (exact) mass is 182 g/mol. The molecule has 0 unspecified atom stereocenters. The molecule has 0 fully saturated rings. The van der Waals surface area contributed by atoms with Crippen LogP contribution in [0.15, 0.2) is 6.20 Å². The van der Waals surface area contributed by atoms with E-state index in [1.54, 1.807) is 11.3 Å². The molecule has 1 N–H and O–H groups in total. The molecule has 0 aliphatic rings. The summed E-state index contributed by atoms with van der Waals surface area (Å²) in [7, 11) is 0. The van der Waals surface area contributed by atoms with E-state index in [1.165, 1.54) is 4.88 Å². The number of thiazole rings is 1. The lowest BCUT2D eigenvalue weighted by Gasteiger charge is -1.92. The van der Waals surface area contributed by atoms with Crippen molar-refractivity contribution in [2.75, 3.05) is 0 Å². The van der Waals surface area contributed by atoms with Gasteiger partial charge in [-0.2, -0.15) is 0 Å². The fourth-order valence-electron chi connectivity index (χ4n) is 1.30. The van der Waals surface area contributed by atoms with E-state index in [2.05, 4.69) is 4.98 Å². The zero-order valence-corrected chi connectivity index (χ0v) is 7.85. The molecular formula is C8H10N2OS. The topological polar surface area (TPSA) is 37.5 Å². The lowest BCUT2D eigenvalue weighted by atomic mass is 10.4. The van der Waals surface area contributed by atoms with Gasteiger partial charge < -0.3 is 5.11 Å². The minimum atomic E-state index is 0.0587. The summed E-state index contributed by atoms with van der Waals surface area (Å²) in [6.07, 6.45) is 2.01. The first kappa shape index (κ1) is 7.76. The second-order valence-corrected chi connectivity index (χ2v) is 4.01. The van der Waals surface area contributed by atoms with Gasteiger partial charge >= 0.3 is 0 Å². The van der Waals surface area contributed by atoms with Crippen molar-refractivity contribution in [3.05, 3.63) is 22.5 Å². The van der Waals surface area contributed by atoms with E-state index < -0.39 is 0 Å². The van der Waals surface area contributed by atoms with E-state index in [0.29, 0.717) is 0 Å². The van der Waals surface area contributed by atoms with Crippen LogP contribution in [0.3, 0.4) is 0 Å². The highest BCUT2D eigenvalue weighted by atomic mass is 32.1. The van der Waals surface area contributed by atoms with Crippen LogP contribution in [0.2, 0.25) is 0 Å². The van der Waals surface area contributed by atoms with Gasteiger partial charge in [-0.25, -0.2) is 4.98 Å². The van der Waals surface area contributed by atoms with E-state index in [-0.39, 0.29) is 6.61 Å². The molecule has 12 heavy (non-hydrogen) atoms. The van der Waals surface area contributed by atoms with Crippen LogP contribution >= 0.6 is 11.3 Å². The molecule has 0 saturated carbocycles. The molecule has 4 heteroatoms. The summed E-state index contributed by atoms with van der Waals surface area (Å²) in [6.45, 7) is 4.01. The van der Waals surface area contributed by atoms with Gasteiger partial charge in [0.1, 0.15) is 0 Å². The van der Waals surface area contributed by atoms with Crippen LogP contribution < -0.4 is 0 Å². The third kappa shape index (κ3) is 0.956. The summed E-state index contributed by atoms with van der Waals surface area (Å²) in [4.78, 5) is 6.51. The van der Waals surface area contributed by atoms with Crippen LogP contribution in [-0.4, -0.2) is 14.5 Å². The number of hydrogen-bond acceptors (Lipinski definition) is 3. The average molecular weight is 182 g/mol.